The van der Waals surface area contributed by atoms with Gasteiger partial charge in [0.25, 0.3) is 0 Å². The van der Waals surface area contributed by atoms with Crippen molar-refractivity contribution in [1.29, 1.82) is 0 Å². The first-order valence-corrected chi connectivity index (χ1v) is 3.75. The summed E-state index contributed by atoms with van der Waals surface area (Å²) in [5, 5.41) is 0. The van der Waals surface area contributed by atoms with E-state index in [1.807, 2.05) is 26.8 Å². The van der Waals surface area contributed by atoms with Crippen LogP contribution in [0, 0.1) is 6.92 Å². The van der Waals surface area contributed by atoms with Gasteiger partial charge >= 0.3 is 0 Å². The minimum atomic E-state index is 0.690. The molecule has 0 aliphatic rings. The fourth-order valence-corrected chi connectivity index (χ4v) is 0.567. The molecule has 0 N–H and O–H groups in total. The third-order valence-corrected chi connectivity index (χ3v) is 0.996. The van der Waals surface area contributed by atoms with Crippen LogP contribution in [0.2, 0.25) is 0 Å². The average molecular weight is 150 g/mol. The molecule has 1 heterocycles. The van der Waals surface area contributed by atoms with Gasteiger partial charge in [-0.15, -0.1) is 0 Å². The molecule has 2 nitrogen and oxygen atoms in total. The van der Waals surface area contributed by atoms with Gasteiger partial charge in [0.2, 0.25) is 0 Å². The van der Waals surface area contributed by atoms with E-state index in [1.165, 1.54) is 0 Å². The van der Waals surface area contributed by atoms with Crippen molar-refractivity contribution in [2.45, 2.75) is 20.8 Å². The van der Waals surface area contributed by atoms with E-state index in [2.05, 4.69) is 16.5 Å². The van der Waals surface area contributed by atoms with Gasteiger partial charge in [-0.2, -0.15) is 0 Å². The molecule has 1 aromatic heterocycles. The predicted octanol–water partition coefficient (Wildman–Crippen LogP) is 2.45. The number of nitrogens with zero attached hydrogens (tertiary/aromatic N) is 2. The zero-order valence-electron chi connectivity index (χ0n) is 7.33. The summed E-state index contributed by atoms with van der Waals surface area (Å²) in [4.78, 5) is 7.99. The molecule has 0 atom stereocenters. The Kier molecular flexibility index (Phi) is 4.99. The molecule has 0 amide bonds. The molecule has 11 heavy (non-hydrogen) atoms. The van der Waals surface area contributed by atoms with Gasteiger partial charge in [0.1, 0.15) is 0 Å². The Morgan fingerprint density at radius 3 is 2.45 bits per heavy atom. The summed E-state index contributed by atoms with van der Waals surface area (Å²) in [7, 11) is 0. The molecule has 0 bridgehead atoms. The van der Waals surface area contributed by atoms with E-state index in [0.29, 0.717) is 5.82 Å². The Morgan fingerprint density at radius 1 is 1.45 bits per heavy atom. The molecule has 0 aliphatic heterocycles. The average Bonchev–Trinajstić information content (AvgIpc) is 2.08. The van der Waals surface area contributed by atoms with Crippen molar-refractivity contribution in [1.82, 2.24) is 9.97 Å². The zero-order chi connectivity index (χ0) is 8.69. The Labute approximate surface area is 68.0 Å². The van der Waals surface area contributed by atoms with Gasteiger partial charge in [-0.25, -0.2) is 9.97 Å². The second-order valence-electron chi connectivity index (χ2n) is 1.76. The van der Waals surface area contributed by atoms with Gasteiger partial charge in [-0.3, -0.25) is 0 Å². The summed E-state index contributed by atoms with van der Waals surface area (Å²) < 4.78 is 0. The lowest BCUT2D eigenvalue weighted by Crippen LogP contribution is -1.87. The maximum atomic E-state index is 4.06. The van der Waals surface area contributed by atoms with E-state index in [-0.39, 0.29) is 0 Å². The zero-order valence-corrected chi connectivity index (χ0v) is 7.33. The lowest BCUT2D eigenvalue weighted by Gasteiger charge is -1.90. The summed E-state index contributed by atoms with van der Waals surface area (Å²) >= 11 is 0. The first kappa shape index (κ1) is 9.82. The first-order chi connectivity index (χ1) is 5.33. The van der Waals surface area contributed by atoms with E-state index < -0.39 is 0 Å². The Balaban J connectivity index is 0.000000461. The van der Waals surface area contributed by atoms with E-state index in [4.69, 9.17) is 0 Å². The molecule has 2 heteroatoms. The predicted molar refractivity (Wildman–Crippen MR) is 48.2 cm³/mol. The summed E-state index contributed by atoms with van der Waals surface area (Å²) in [6.45, 7) is 9.47. The monoisotopic (exact) mass is 150 g/mol. The van der Waals surface area contributed by atoms with Gasteiger partial charge in [0.15, 0.2) is 5.82 Å². The smallest absolute Gasteiger partial charge is 0.151 e. The number of hydrogen-bond donors (Lipinski definition) is 0. The molecule has 1 aromatic rings. The van der Waals surface area contributed by atoms with Crippen LogP contribution in [-0.4, -0.2) is 9.97 Å². The van der Waals surface area contributed by atoms with Crippen LogP contribution in [0.15, 0.2) is 18.8 Å². The molecular formula is C9H14N2. The SMILES string of the molecule is C=Cc1nccc(C)n1.CC. The number of rotatable bonds is 1. The topological polar surface area (TPSA) is 25.8 Å². The van der Waals surface area contributed by atoms with Crippen LogP contribution in [0.3, 0.4) is 0 Å². The molecule has 60 valence electrons. The van der Waals surface area contributed by atoms with Gasteiger partial charge in [-0.1, -0.05) is 20.4 Å². The highest BCUT2D eigenvalue weighted by Gasteiger charge is 1.86. The van der Waals surface area contributed by atoms with Crippen molar-refractivity contribution < 1.29 is 0 Å². The second-order valence-corrected chi connectivity index (χ2v) is 1.76. The Bertz CT molecular complexity index is 219. The maximum absolute atomic E-state index is 4.06. The third-order valence-electron chi connectivity index (χ3n) is 0.996. The first-order valence-electron chi connectivity index (χ1n) is 3.75. The molecule has 0 radical (unpaired) electrons. The highest BCUT2D eigenvalue weighted by atomic mass is 14.9. The molecule has 1 rings (SSSR count). The molecule has 0 fully saturated rings. The molecule has 0 saturated heterocycles. The van der Waals surface area contributed by atoms with Crippen molar-refractivity contribution in [2.75, 3.05) is 0 Å². The van der Waals surface area contributed by atoms with Crippen LogP contribution in [-0.2, 0) is 0 Å². The third kappa shape index (κ3) is 3.50. The van der Waals surface area contributed by atoms with Crippen LogP contribution in [0.4, 0.5) is 0 Å². The molecule has 0 aromatic carbocycles. The van der Waals surface area contributed by atoms with Gasteiger partial charge in [-0.05, 0) is 19.1 Å². The largest absolute Gasteiger partial charge is 0.237 e. The number of hydrogen-bond acceptors (Lipinski definition) is 2. The quantitative estimate of drug-likeness (QED) is 0.614. The van der Waals surface area contributed by atoms with E-state index in [9.17, 15) is 0 Å². The van der Waals surface area contributed by atoms with Gasteiger partial charge in [0.05, 0.1) is 0 Å². The van der Waals surface area contributed by atoms with Crippen LogP contribution < -0.4 is 0 Å². The van der Waals surface area contributed by atoms with Crippen molar-refractivity contribution in [3.8, 4) is 0 Å². The molecule has 0 aliphatic carbocycles. The molecule has 0 unspecified atom stereocenters. The molecule has 0 spiro atoms. The summed E-state index contributed by atoms with van der Waals surface area (Å²) in [6, 6.07) is 1.85. The van der Waals surface area contributed by atoms with Gasteiger partial charge < -0.3 is 0 Å². The fourth-order valence-electron chi connectivity index (χ4n) is 0.567. The highest BCUT2D eigenvalue weighted by molar-refractivity contribution is 5.35. The summed E-state index contributed by atoms with van der Waals surface area (Å²) in [6.07, 6.45) is 3.35. The van der Waals surface area contributed by atoms with Crippen molar-refractivity contribution in [3.05, 3.63) is 30.4 Å². The summed E-state index contributed by atoms with van der Waals surface area (Å²) in [5.74, 6) is 0.690. The van der Waals surface area contributed by atoms with Crippen molar-refractivity contribution in [3.63, 3.8) is 0 Å². The van der Waals surface area contributed by atoms with Crippen LogP contribution in [0.1, 0.15) is 25.4 Å². The highest BCUT2D eigenvalue weighted by Crippen LogP contribution is 1.92. The second kappa shape index (κ2) is 5.59. The normalized spacial score (nSPS) is 7.91. The van der Waals surface area contributed by atoms with Crippen LogP contribution >= 0.6 is 0 Å². The number of aryl methyl sites for hydroxylation is 1. The minimum absolute atomic E-state index is 0.690. The van der Waals surface area contributed by atoms with Crippen LogP contribution in [0.25, 0.3) is 6.08 Å². The van der Waals surface area contributed by atoms with E-state index in [0.717, 1.165) is 5.69 Å². The molecular weight excluding hydrogens is 136 g/mol. The van der Waals surface area contributed by atoms with E-state index >= 15 is 0 Å². The van der Waals surface area contributed by atoms with Crippen molar-refractivity contribution in [2.24, 2.45) is 0 Å². The lowest BCUT2D eigenvalue weighted by molar-refractivity contribution is 1.08. The maximum Gasteiger partial charge on any atom is 0.151 e. The lowest BCUT2D eigenvalue weighted by atomic mass is 10.4. The number of aromatic nitrogens is 2. The fraction of sp³-hybridized carbons (Fsp3) is 0.333. The summed E-state index contributed by atoms with van der Waals surface area (Å²) in [5.41, 5.74) is 0.972. The minimum Gasteiger partial charge on any atom is -0.237 e. The standard InChI is InChI=1S/C7H8N2.C2H6/c1-3-7-8-5-4-6(2)9-7;1-2/h3-5H,1H2,2H3;1-2H3. The molecule has 0 saturated carbocycles. The van der Waals surface area contributed by atoms with E-state index in [1.54, 1.807) is 12.3 Å². The van der Waals surface area contributed by atoms with Gasteiger partial charge in [0, 0.05) is 11.9 Å². The Hall–Kier alpha value is -1.18. The van der Waals surface area contributed by atoms with Crippen molar-refractivity contribution >= 4 is 6.08 Å². The Morgan fingerprint density at radius 2 is 2.09 bits per heavy atom. The van der Waals surface area contributed by atoms with Crippen LogP contribution in [0.5, 0.6) is 0 Å².